The second-order valence-electron chi connectivity index (χ2n) is 9.21. The molecule has 0 aliphatic carbocycles. The molecule has 32 heavy (non-hydrogen) atoms. The van der Waals surface area contributed by atoms with Gasteiger partial charge in [-0.15, -0.1) is 10.2 Å². The van der Waals surface area contributed by atoms with Crippen molar-refractivity contribution in [2.24, 2.45) is 5.92 Å². The molecule has 9 heteroatoms. The molecule has 0 spiro atoms. The molecule has 0 unspecified atom stereocenters. The first kappa shape index (κ1) is 21.2. The molecule has 0 radical (unpaired) electrons. The summed E-state index contributed by atoms with van der Waals surface area (Å²) in [6.45, 7) is 8.22. The molecule has 3 aromatic rings. The van der Waals surface area contributed by atoms with E-state index < -0.39 is 11.7 Å². The summed E-state index contributed by atoms with van der Waals surface area (Å²) in [5.74, 6) is -0.292. The van der Waals surface area contributed by atoms with Crippen molar-refractivity contribution in [2.45, 2.75) is 50.0 Å². The fourth-order valence-corrected chi connectivity index (χ4v) is 6.21. The summed E-state index contributed by atoms with van der Waals surface area (Å²) in [7, 11) is 1.68. The van der Waals surface area contributed by atoms with Crippen molar-refractivity contribution in [3.8, 4) is 22.0 Å². The Morgan fingerprint density at radius 3 is 2.81 bits per heavy atom. The number of phenolic OH excluding ortho intramolecular Hbond substituents is 1. The van der Waals surface area contributed by atoms with Crippen LogP contribution in [-0.2, 0) is 4.74 Å². The number of alkyl halides is 1. The number of halogens is 1. The first-order chi connectivity index (χ1) is 15.2. The van der Waals surface area contributed by atoms with Gasteiger partial charge in [-0.25, -0.2) is 9.37 Å². The summed E-state index contributed by atoms with van der Waals surface area (Å²) in [6.07, 6.45) is 5.16. The van der Waals surface area contributed by atoms with E-state index in [1.165, 1.54) is 11.3 Å². The fraction of sp³-hybridized carbons (Fsp3) is 0.435. The number of hydrogen-bond acceptors (Lipinski definition) is 7. The largest absolute Gasteiger partial charge is 0.507 e. The molecule has 0 saturated carbocycles. The molecule has 7 nitrogen and oxygen atoms in total. The van der Waals surface area contributed by atoms with E-state index in [-0.39, 0.29) is 23.3 Å². The smallest absolute Gasteiger partial charge is 0.151 e. The van der Waals surface area contributed by atoms with E-state index in [9.17, 15) is 5.11 Å². The van der Waals surface area contributed by atoms with Gasteiger partial charge in [0.15, 0.2) is 5.01 Å². The molecule has 1 aromatic carbocycles. The second-order valence-corrected chi connectivity index (χ2v) is 10.2. The van der Waals surface area contributed by atoms with E-state index in [0.717, 1.165) is 5.69 Å². The number of ether oxygens (including phenoxy) is 1. The van der Waals surface area contributed by atoms with Crippen molar-refractivity contribution in [2.75, 3.05) is 7.11 Å². The van der Waals surface area contributed by atoms with E-state index in [2.05, 4.69) is 34.0 Å². The van der Waals surface area contributed by atoms with Gasteiger partial charge < -0.3 is 19.7 Å². The summed E-state index contributed by atoms with van der Waals surface area (Å²) >= 11 is 1.32. The van der Waals surface area contributed by atoms with Gasteiger partial charge in [-0.3, -0.25) is 0 Å². The van der Waals surface area contributed by atoms with Crippen molar-refractivity contribution in [1.82, 2.24) is 25.1 Å². The minimum absolute atomic E-state index is 0.0560. The zero-order chi connectivity index (χ0) is 22.7. The van der Waals surface area contributed by atoms with Crippen LogP contribution in [0.3, 0.4) is 0 Å². The minimum Gasteiger partial charge on any atom is -0.507 e. The summed E-state index contributed by atoms with van der Waals surface area (Å²) in [5.41, 5.74) is 1.01. The van der Waals surface area contributed by atoms with Gasteiger partial charge in [0, 0.05) is 37.0 Å². The number of hydrogen-bond donors (Lipinski definition) is 2. The molecule has 5 atom stereocenters. The SMILES string of the molecule is C=C(c1nnc(-c2ccc(-n3ccnc3)cc2O)s1)[C@@H]1C[C@]2(C)N[C@@](C)(C[C@H]2OC)[C@H]1F. The topological polar surface area (TPSA) is 85.1 Å². The summed E-state index contributed by atoms with van der Waals surface area (Å²) < 4.78 is 23.1. The number of nitrogens with zero attached hydrogens (tertiary/aromatic N) is 4. The van der Waals surface area contributed by atoms with E-state index in [4.69, 9.17) is 4.74 Å². The Bertz CT molecular complexity index is 1160. The van der Waals surface area contributed by atoms with Gasteiger partial charge in [0.25, 0.3) is 0 Å². The third kappa shape index (κ3) is 3.27. The highest BCUT2D eigenvalue weighted by Gasteiger charge is 2.60. The monoisotopic (exact) mass is 455 g/mol. The number of piperidine rings is 1. The van der Waals surface area contributed by atoms with Crippen LogP contribution in [0.2, 0.25) is 0 Å². The summed E-state index contributed by atoms with van der Waals surface area (Å²) in [6, 6.07) is 5.33. The Morgan fingerprint density at radius 1 is 1.31 bits per heavy atom. The van der Waals surface area contributed by atoms with Gasteiger partial charge >= 0.3 is 0 Å². The van der Waals surface area contributed by atoms with Crippen LogP contribution in [0.4, 0.5) is 4.39 Å². The summed E-state index contributed by atoms with van der Waals surface area (Å²) in [4.78, 5) is 4.03. The van der Waals surface area contributed by atoms with Gasteiger partial charge in [-0.2, -0.15) is 0 Å². The number of allylic oxidation sites excluding steroid dienone is 1. The van der Waals surface area contributed by atoms with Crippen molar-refractivity contribution < 1.29 is 14.2 Å². The number of aromatic hydroxyl groups is 1. The number of rotatable bonds is 5. The predicted molar refractivity (Wildman–Crippen MR) is 122 cm³/mol. The summed E-state index contributed by atoms with van der Waals surface area (Å²) in [5, 5.41) is 23.8. The van der Waals surface area contributed by atoms with Crippen molar-refractivity contribution in [3.05, 3.63) is 48.5 Å². The molecule has 2 saturated heterocycles. The molecule has 2 aliphatic rings. The van der Waals surface area contributed by atoms with Crippen molar-refractivity contribution >= 4 is 16.9 Å². The average molecular weight is 456 g/mol. The third-order valence-electron chi connectivity index (χ3n) is 6.94. The second kappa shape index (κ2) is 7.47. The van der Waals surface area contributed by atoms with Crippen molar-refractivity contribution in [3.63, 3.8) is 0 Å². The first-order valence-corrected chi connectivity index (χ1v) is 11.4. The highest BCUT2D eigenvalue weighted by Crippen LogP contribution is 2.51. The highest BCUT2D eigenvalue weighted by molar-refractivity contribution is 7.15. The number of aromatic nitrogens is 4. The van der Waals surface area contributed by atoms with Crippen LogP contribution in [0.15, 0.2) is 43.5 Å². The fourth-order valence-electron chi connectivity index (χ4n) is 5.30. The highest BCUT2D eigenvalue weighted by atomic mass is 32.1. The van der Waals surface area contributed by atoms with Gasteiger partial charge in [-0.1, -0.05) is 17.9 Å². The van der Waals surface area contributed by atoms with Gasteiger partial charge in [0.05, 0.1) is 29.2 Å². The van der Waals surface area contributed by atoms with Crippen LogP contribution in [0.1, 0.15) is 31.7 Å². The minimum atomic E-state index is -1.11. The first-order valence-electron chi connectivity index (χ1n) is 10.5. The molecule has 5 rings (SSSR count). The van der Waals surface area contributed by atoms with Crippen LogP contribution < -0.4 is 5.32 Å². The van der Waals surface area contributed by atoms with Gasteiger partial charge in [-0.05, 0) is 44.4 Å². The quantitative estimate of drug-likeness (QED) is 0.605. The molecule has 2 aliphatic heterocycles. The van der Waals surface area contributed by atoms with E-state index in [1.807, 2.05) is 13.0 Å². The van der Waals surface area contributed by atoms with Crippen LogP contribution >= 0.6 is 11.3 Å². The van der Waals surface area contributed by atoms with Crippen LogP contribution in [0.5, 0.6) is 5.75 Å². The number of nitrogens with one attached hydrogen (secondary N) is 1. The number of imidazole rings is 1. The lowest BCUT2D eigenvalue weighted by molar-refractivity contribution is 0.0336. The molecule has 2 fully saturated rings. The molecular weight excluding hydrogens is 429 g/mol. The zero-order valence-electron chi connectivity index (χ0n) is 18.2. The lowest BCUT2D eigenvalue weighted by Gasteiger charge is -2.45. The maximum Gasteiger partial charge on any atom is 0.151 e. The molecule has 4 heterocycles. The molecular formula is C23H26FN5O2S. The maximum atomic E-state index is 15.6. The predicted octanol–water partition coefficient (Wildman–Crippen LogP) is 3.99. The molecule has 2 bridgehead atoms. The van der Waals surface area contributed by atoms with E-state index in [0.29, 0.717) is 34.0 Å². The Kier molecular flexibility index (Phi) is 4.96. The van der Waals surface area contributed by atoms with Crippen LogP contribution in [0.25, 0.3) is 21.8 Å². The molecule has 0 amide bonds. The normalized spacial score (nSPS) is 31.7. The van der Waals surface area contributed by atoms with E-state index in [1.54, 1.807) is 42.5 Å². The van der Waals surface area contributed by atoms with Crippen LogP contribution in [0, 0.1) is 5.92 Å². The van der Waals surface area contributed by atoms with Crippen LogP contribution in [-0.4, -0.2) is 55.3 Å². The molecule has 2 N–H and O–H groups in total. The Balaban J connectivity index is 1.41. The van der Waals surface area contributed by atoms with Gasteiger partial charge in [0.1, 0.15) is 16.9 Å². The Labute approximate surface area is 190 Å². The van der Waals surface area contributed by atoms with Crippen molar-refractivity contribution in [1.29, 1.82) is 0 Å². The lowest BCUT2D eigenvalue weighted by Crippen LogP contribution is -2.61. The lowest BCUT2D eigenvalue weighted by atomic mass is 9.75. The number of methoxy groups -OCH3 is 1. The number of benzene rings is 1. The average Bonchev–Trinajstić information content (AvgIpc) is 3.50. The van der Waals surface area contributed by atoms with Gasteiger partial charge in [0.2, 0.25) is 0 Å². The third-order valence-corrected chi connectivity index (χ3v) is 7.98. The Hall–Kier alpha value is -2.62. The molecule has 2 aromatic heterocycles. The number of phenols is 1. The maximum absolute atomic E-state index is 15.6. The number of fused-ring (bicyclic) bond motifs is 2. The Morgan fingerprint density at radius 2 is 2.12 bits per heavy atom. The van der Waals surface area contributed by atoms with E-state index >= 15 is 4.39 Å². The molecule has 168 valence electrons. The standard InChI is InChI=1S/C23H26FN5O2S/c1-13(16-10-22(2)18(31-4)11-23(3,28-22)19(16)24)20-26-27-21(32-20)15-6-5-14(9-17(15)30)29-8-7-25-12-29/h5-9,12,16,18-19,28,30H,1,10-11H2,2-4H3/t16-,18+,19-,22-,23-/m0/s1. The zero-order valence-corrected chi connectivity index (χ0v) is 19.1.